The molecule has 0 atom stereocenters. The molecule has 0 bridgehead atoms. The Morgan fingerprint density at radius 3 is 2.95 bits per heavy atom. The highest BCUT2D eigenvalue weighted by Gasteiger charge is 2.07. The van der Waals surface area contributed by atoms with Crippen molar-refractivity contribution in [3.05, 3.63) is 61.1 Å². The predicted molar refractivity (Wildman–Crippen MR) is 73.9 cm³/mol. The van der Waals surface area contributed by atoms with Crippen LogP contribution in [0.3, 0.4) is 0 Å². The number of hydrogen-bond donors (Lipinski definition) is 1. The van der Waals surface area contributed by atoms with Gasteiger partial charge in [0.2, 0.25) is 5.91 Å². The molecule has 5 heteroatoms. The van der Waals surface area contributed by atoms with Gasteiger partial charge in [0.15, 0.2) is 5.82 Å². The van der Waals surface area contributed by atoms with Gasteiger partial charge in [0.1, 0.15) is 0 Å². The molecule has 0 aliphatic rings. The van der Waals surface area contributed by atoms with E-state index in [1.807, 2.05) is 13.0 Å². The number of carbonyl (C=O) groups is 1. The van der Waals surface area contributed by atoms with E-state index in [0.717, 1.165) is 0 Å². The van der Waals surface area contributed by atoms with Crippen LogP contribution in [0.1, 0.15) is 6.92 Å². The van der Waals surface area contributed by atoms with Gasteiger partial charge in [0.25, 0.3) is 0 Å². The summed E-state index contributed by atoms with van der Waals surface area (Å²) in [5, 5.41) is 6.88. The summed E-state index contributed by atoms with van der Waals surface area (Å²) >= 11 is 0. The van der Waals surface area contributed by atoms with E-state index >= 15 is 0 Å². The third-order valence-electron chi connectivity index (χ3n) is 2.32. The molecule has 2 aromatic rings. The summed E-state index contributed by atoms with van der Waals surface area (Å²) in [5.41, 5.74) is 0.612. The fourth-order valence-corrected chi connectivity index (χ4v) is 1.50. The first-order valence-electron chi connectivity index (χ1n) is 5.86. The highest BCUT2D eigenvalue weighted by Crippen LogP contribution is 2.15. The number of nitrogens with zero attached hydrogens (tertiary/aromatic N) is 3. The van der Waals surface area contributed by atoms with Crippen molar-refractivity contribution in [1.82, 2.24) is 14.8 Å². The molecule has 1 amide bonds. The smallest absolute Gasteiger partial charge is 0.248 e. The van der Waals surface area contributed by atoms with Gasteiger partial charge in [-0.05, 0) is 25.1 Å². The number of anilines is 1. The van der Waals surface area contributed by atoms with Gasteiger partial charge in [-0.15, -0.1) is 0 Å². The Morgan fingerprint density at radius 1 is 1.32 bits per heavy atom. The fourth-order valence-electron chi connectivity index (χ4n) is 1.50. The van der Waals surface area contributed by atoms with Gasteiger partial charge >= 0.3 is 0 Å². The second-order valence-corrected chi connectivity index (χ2v) is 3.70. The molecule has 0 aromatic carbocycles. The lowest BCUT2D eigenvalue weighted by Crippen LogP contribution is -2.11. The Morgan fingerprint density at radius 2 is 2.21 bits per heavy atom. The van der Waals surface area contributed by atoms with Crippen molar-refractivity contribution in [2.45, 2.75) is 6.92 Å². The number of rotatable bonds is 4. The van der Waals surface area contributed by atoms with Crippen LogP contribution in [0.4, 0.5) is 5.69 Å². The van der Waals surface area contributed by atoms with Gasteiger partial charge in [0.05, 0.1) is 5.69 Å². The van der Waals surface area contributed by atoms with Crippen molar-refractivity contribution in [1.29, 1.82) is 0 Å². The quantitative estimate of drug-likeness (QED) is 0.673. The van der Waals surface area contributed by atoms with E-state index in [9.17, 15) is 4.79 Å². The normalized spacial score (nSPS) is 11.2. The molecule has 0 spiro atoms. The van der Waals surface area contributed by atoms with Gasteiger partial charge < -0.3 is 5.32 Å². The van der Waals surface area contributed by atoms with E-state index in [1.54, 1.807) is 53.6 Å². The lowest BCUT2D eigenvalue weighted by Gasteiger charge is -2.08. The summed E-state index contributed by atoms with van der Waals surface area (Å²) in [5.74, 6) is 0.375. The Bertz CT molecular complexity index is 600. The molecule has 0 fully saturated rings. The Labute approximate surface area is 111 Å². The Balaban J connectivity index is 2.19. The second kappa shape index (κ2) is 6.30. The molecule has 19 heavy (non-hydrogen) atoms. The average Bonchev–Trinajstić information content (AvgIpc) is 2.93. The summed E-state index contributed by atoms with van der Waals surface area (Å²) in [6, 6.07) is 5.34. The van der Waals surface area contributed by atoms with E-state index in [4.69, 9.17) is 0 Å². The second-order valence-electron chi connectivity index (χ2n) is 3.70. The molecule has 0 radical (unpaired) electrons. The van der Waals surface area contributed by atoms with E-state index < -0.39 is 0 Å². The molecule has 0 aliphatic carbocycles. The minimum atomic E-state index is -0.209. The van der Waals surface area contributed by atoms with Crippen molar-refractivity contribution in [3.8, 4) is 5.82 Å². The van der Waals surface area contributed by atoms with Gasteiger partial charge in [-0.25, -0.2) is 9.67 Å². The number of pyridine rings is 1. The van der Waals surface area contributed by atoms with Crippen LogP contribution in [0, 0.1) is 0 Å². The van der Waals surface area contributed by atoms with Crippen LogP contribution in [0.15, 0.2) is 61.1 Å². The first kappa shape index (κ1) is 12.8. The summed E-state index contributed by atoms with van der Waals surface area (Å²) < 4.78 is 1.60. The number of allylic oxidation sites excluding steroid dienone is 3. The maximum absolute atomic E-state index is 11.7. The number of carbonyl (C=O) groups excluding carboxylic acids is 1. The van der Waals surface area contributed by atoms with Crippen molar-refractivity contribution in [2.24, 2.45) is 0 Å². The summed E-state index contributed by atoms with van der Waals surface area (Å²) in [7, 11) is 0. The molecule has 5 nitrogen and oxygen atoms in total. The highest BCUT2D eigenvalue weighted by molar-refractivity contribution is 6.00. The van der Waals surface area contributed by atoms with Crippen LogP contribution < -0.4 is 5.32 Å². The fraction of sp³-hybridized carbons (Fsp3) is 0.0714. The van der Waals surface area contributed by atoms with Crippen LogP contribution in [0.5, 0.6) is 0 Å². The first-order chi connectivity index (χ1) is 9.31. The zero-order valence-electron chi connectivity index (χ0n) is 10.5. The van der Waals surface area contributed by atoms with Crippen LogP contribution >= 0.6 is 0 Å². The minimum absolute atomic E-state index is 0.209. The Kier molecular flexibility index (Phi) is 4.23. The van der Waals surface area contributed by atoms with E-state index in [1.165, 1.54) is 6.08 Å². The van der Waals surface area contributed by atoms with Crippen molar-refractivity contribution >= 4 is 11.6 Å². The number of amides is 1. The molecule has 0 saturated carbocycles. The topological polar surface area (TPSA) is 59.8 Å². The maximum Gasteiger partial charge on any atom is 0.248 e. The molecule has 2 rings (SSSR count). The van der Waals surface area contributed by atoms with E-state index in [-0.39, 0.29) is 5.91 Å². The molecular formula is C14H14N4O. The predicted octanol–water partition coefficient (Wildman–Crippen LogP) is 2.34. The lowest BCUT2D eigenvalue weighted by atomic mass is 10.3. The van der Waals surface area contributed by atoms with E-state index in [0.29, 0.717) is 11.5 Å². The van der Waals surface area contributed by atoms with Gasteiger partial charge in [-0.1, -0.05) is 18.2 Å². The third-order valence-corrected chi connectivity index (χ3v) is 2.32. The summed E-state index contributed by atoms with van der Waals surface area (Å²) in [6.45, 7) is 1.89. The first-order valence-corrected chi connectivity index (χ1v) is 5.86. The zero-order chi connectivity index (χ0) is 13.5. The van der Waals surface area contributed by atoms with Crippen molar-refractivity contribution in [2.75, 3.05) is 5.32 Å². The van der Waals surface area contributed by atoms with Crippen LogP contribution in [0.2, 0.25) is 0 Å². The van der Waals surface area contributed by atoms with Gasteiger partial charge in [0, 0.05) is 24.7 Å². The monoisotopic (exact) mass is 254 g/mol. The third kappa shape index (κ3) is 3.38. The number of nitrogens with one attached hydrogen (secondary N) is 1. The molecule has 0 saturated heterocycles. The maximum atomic E-state index is 11.7. The molecule has 2 heterocycles. The molecule has 0 aliphatic heterocycles. The standard InChI is InChI=1S/C14H14N4O/c1-2-3-4-8-13(19)17-12-7-5-9-15-14(12)18-11-6-10-16-18/h2-11H,1H3,(H,17,19)/b3-2+,8-4+. The number of aromatic nitrogens is 3. The Hall–Kier alpha value is -2.69. The van der Waals surface area contributed by atoms with Gasteiger partial charge in [-0.2, -0.15) is 5.10 Å². The zero-order valence-corrected chi connectivity index (χ0v) is 10.5. The SMILES string of the molecule is C/C=C/C=C/C(=O)Nc1cccnc1-n1cccn1. The van der Waals surface area contributed by atoms with Crippen LogP contribution in [0.25, 0.3) is 5.82 Å². The lowest BCUT2D eigenvalue weighted by molar-refractivity contribution is -0.111. The highest BCUT2D eigenvalue weighted by atomic mass is 16.1. The van der Waals surface area contributed by atoms with E-state index in [2.05, 4.69) is 15.4 Å². The number of hydrogen-bond acceptors (Lipinski definition) is 3. The molecule has 96 valence electrons. The van der Waals surface area contributed by atoms with Crippen molar-refractivity contribution < 1.29 is 4.79 Å². The summed E-state index contributed by atoms with van der Waals surface area (Å²) in [4.78, 5) is 15.9. The van der Waals surface area contributed by atoms with Gasteiger partial charge in [-0.3, -0.25) is 4.79 Å². The molecule has 0 unspecified atom stereocenters. The molecule has 2 aromatic heterocycles. The minimum Gasteiger partial charge on any atom is -0.319 e. The van der Waals surface area contributed by atoms with Crippen LogP contribution in [-0.4, -0.2) is 20.7 Å². The molecule has 1 N–H and O–H groups in total. The average molecular weight is 254 g/mol. The molecular weight excluding hydrogens is 240 g/mol. The van der Waals surface area contributed by atoms with Crippen molar-refractivity contribution in [3.63, 3.8) is 0 Å². The summed E-state index contributed by atoms with van der Waals surface area (Å²) in [6.07, 6.45) is 11.9. The largest absolute Gasteiger partial charge is 0.319 e. The van der Waals surface area contributed by atoms with Crippen LogP contribution in [-0.2, 0) is 4.79 Å².